The second-order valence-electron chi connectivity index (χ2n) is 6.11. The maximum absolute atomic E-state index is 12.7. The number of aryl methyl sites for hydroxylation is 1. The van der Waals surface area contributed by atoms with Crippen LogP contribution in [0.2, 0.25) is 0 Å². The molecule has 1 aliphatic rings. The molecule has 0 unspecified atom stereocenters. The molecule has 7 nitrogen and oxygen atoms in total. The number of ether oxygens (including phenoxy) is 1. The van der Waals surface area contributed by atoms with Crippen molar-refractivity contribution >= 4 is 10.0 Å². The molecule has 0 spiro atoms. The zero-order valence-electron chi connectivity index (χ0n) is 13.6. The molecule has 0 bridgehead atoms. The Morgan fingerprint density at radius 3 is 2.50 bits per heavy atom. The van der Waals surface area contributed by atoms with Crippen molar-refractivity contribution in [1.29, 1.82) is 0 Å². The molecule has 1 atom stereocenters. The smallest absolute Gasteiger partial charge is 0.241 e. The Labute approximate surface area is 141 Å². The van der Waals surface area contributed by atoms with Crippen LogP contribution in [0.1, 0.15) is 24.4 Å². The molecule has 1 fully saturated rings. The maximum atomic E-state index is 12.7. The Hall–Kier alpha value is -1.90. The summed E-state index contributed by atoms with van der Waals surface area (Å²) in [6.45, 7) is 0. The van der Waals surface area contributed by atoms with E-state index in [-0.39, 0.29) is 16.9 Å². The van der Waals surface area contributed by atoms with Gasteiger partial charge in [0.15, 0.2) is 0 Å². The standard InChI is InChI=1S/C16H21N3O4S/c1-19-10-12(9-17-19)16(11-7-13(20)8-11)18-24(21,22)15-5-3-14(23-2)4-6-15/h3-6,9-11,13,16,18,20H,7-8H2,1-2H3/t11?,13?,16-/m0/s1. The lowest BCUT2D eigenvalue weighted by atomic mass is 9.76. The first-order valence-corrected chi connectivity index (χ1v) is 9.20. The minimum atomic E-state index is -3.69. The van der Waals surface area contributed by atoms with Crippen LogP contribution in [0.4, 0.5) is 0 Å². The topological polar surface area (TPSA) is 93.5 Å². The first-order chi connectivity index (χ1) is 11.4. The Morgan fingerprint density at radius 1 is 1.33 bits per heavy atom. The van der Waals surface area contributed by atoms with E-state index < -0.39 is 16.1 Å². The van der Waals surface area contributed by atoms with Crippen molar-refractivity contribution in [2.45, 2.75) is 29.9 Å². The second-order valence-corrected chi connectivity index (χ2v) is 7.82. The fraction of sp³-hybridized carbons (Fsp3) is 0.438. The van der Waals surface area contributed by atoms with Crippen LogP contribution in [0.3, 0.4) is 0 Å². The average molecular weight is 351 g/mol. The summed E-state index contributed by atoms with van der Waals surface area (Å²) in [5.74, 6) is 0.650. The van der Waals surface area contributed by atoms with Gasteiger partial charge < -0.3 is 9.84 Å². The maximum Gasteiger partial charge on any atom is 0.241 e. The highest BCUT2D eigenvalue weighted by Crippen LogP contribution is 2.38. The van der Waals surface area contributed by atoms with Crippen LogP contribution in [0.5, 0.6) is 5.75 Å². The van der Waals surface area contributed by atoms with Gasteiger partial charge in [-0.25, -0.2) is 13.1 Å². The zero-order valence-corrected chi connectivity index (χ0v) is 14.4. The van der Waals surface area contributed by atoms with E-state index in [1.807, 2.05) is 0 Å². The van der Waals surface area contributed by atoms with Crippen LogP contribution < -0.4 is 9.46 Å². The van der Waals surface area contributed by atoms with Gasteiger partial charge in [0.2, 0.25) is 10.0 Å². The molecule has 1 saturated carbocycles. The Kier molecular flexibility index (Phi) is 4.62. The van der Waals surface area contributed by atoms with Crippen molar-refractivity contribution < 1.29 is 18.3 Å². The van der Waals surface area contributed by atoms with E-state index in [4.69, 9.17) is 4.74 Å². The summed E-state index contributed by atoms with van der Waals surface area (Å²) in [4.78, 5) is 0.178. The fourth-order valence-corrected chi connectivity index (χ4v) is 4.22. The number of nitrogens with one attached hydrogen (secondary N) is 1. The van der Waals surface area contributed by atoms with Crippen molar-refractivity contribution in [2.24, 2.45) is 13.0 Å². The molecule has 1 aromatic heterocycles. The molecule has 0 aliphatic heterocycles. The molecule has 1 aromatic carbocycles. The molecule has 24 heavy (non-hydrogen) atoms. The summed E-state index contributed by atoms with van der Waals surface area (Å²) < 4.78 is 34.9. The lowest BCUT2D eigenvalue weighted by Gasteiger charge is -2.37. The van der Waals surface area contributed by atoms with Gasteiger partial charge in [-0.3, -0.25) is 4.68 Å². The quantitative estimate of drug-likeness (QED) is 0.816. The lowest BCUT2D eigenvalue weighted by molar-refractivity contribution is 0.0280. The van der Waals surface area contributed by atoms with Gasteiger partial charge >= 0.3 is 0 Å². The van der Waals surface area contributed by atoms with E-state index in [1.165, 1.54) is 19.2 Å². The number of hydrogen-bond acceptors (Lipinski definition) is 5. The SMILES string of the molecule is COc1ccc(S(=O)(=O)N[C@H](c2cnn(C)c2)C2CC(O)C2)cc1. The number of rotatable bonds is 6. The number of methoxy groups -OCH3 is 1. The van der Waals surface area contributed by atoms with Crippen molar-refractivity contribution in [1.82, 2.24) is 14.5 Å². The predicted molar refractivity (Wildman–Crippen MR) is 88.0 cm³/mol. The van der Waals surface area contributed by atoms with Crippen molar-refractivity contribution in [3.8, 4) is 5.75 Å². The summed E-state index contributed by atoms with van der Waals surface area (Å²) in [5.41, 5.74) is 0.798. The summed E-state index contributed by atoms with van der Waals surface area (Å²) in [6, 6.07) is 5.84. The van der Waals surface area contributed by atoms with Crippen LogP contribution in [0.15, 0.2) is 41.6 Å². The minimum Gasteiger partial charge on any atom is -0.497 e. The van der Waals surface area contributed by atoms with Crippen molar-refractivity contribution in [3.63, 3.8) is 0 Å². The Morgan fingerprint density at radius 2 is 2.00 bits per heavy atom. The molecule has 2 aromatic rings. The van der Waals surface area contributed by atoms with E-state index in [2.05, 4.69) is 9.82 Å². The van der Waals surface area contributed by atoms with Crippen molar-refractivity contribution in [2.75, 3.05) is 7.11 Å². The highest BCUT2D eigenvalue weighted by Gasteiger charge is 2.37. The van der Waals surface area contributed by atoms with Crippen LogP contribution >= 0.6 is 0 Å². The molecule has 3 rings (SSSR count). The molecule has 1 heterocycles. The minimum absolute atomic E-state index is 0.0530. The van der Waals surface area contributed by atoms with E-state index in [0.717, 1.165) is 5.56 Å². The molecular formula is C16H21N3O4S. The molecule has 130 valence electrons. The summed E-state index contributed by atoms with van der Waals surface area (Å²) in [7, 11) is -0.371. The highest BCUT2D eigenvalue weighted by atomic mass is 32.2. The lowest BCUT2D eigenvalue weighted by Crippen LogP contribution is -2.41. The van der Waals surface area contributed by atoms with Crippen molar-refractivity contribution in [3.05, 3.63) is 42.2 Å². The number of hydrogen-bond donors (Lipinski definition) is 2. The summed E-state index contributed by atoms with van der Waals surface area (Å²) in [5, 5.41) is 13.7. The number of aromatic nitrogens is 2. The normalized spacial score (nSPS) is 22.0. The van der Waals surface area contributed by atoms with Gasteiger partial charge in [0.05, 0.1) is 30.3 Å². The van der Waals surface area contributed by atoms with Gasteiger partial charge in [0.1, 0.15) is 5.75 Å². The monoisotopic (exact) mass is 351 g/mol. The molecule has 8 heteroatoms. The summed E-state index contributed by atoms with van der Waals surface area (Å²) >= 11 is 0. The van der Waals surface area contributed by atoms with Gasteiger partial charge in [0, 0.05) is 18.8 Å². The molecule has 1 aliphatic carbocycles. The predicted octanol–water partition coefficient (Wildman–Crippen LogP) is 1.22. The Bertz CT molecular complexity index is 795. The van der Waals surface area contributed by atoms with Gasteiger partial charge in [0.25, 0.3) is 0 Å². The van der Waals surface area contributed by atoms with Gasteiger partial charge in [-0.05, 0) is 43.0 Å². The average Bonchev–Trinajstić information content (AvgIpc) is 2.96. The number of nitrogens with zero attached hydrogens (tertiary/aromatic N) is 2. The number of aliphatic hydroxyl groups is 1. The van der Waals surface area contributed by atoms with E-state index in [9.17, 15) is 13.5 Å². The third-order valence-corrected chi connectivity index (χ3v) is 5.81. The van der Waals surface area contributed by atoms with Gasteiger partial charge in [-0.2, -0.15) is 5.10 Å². The molecule has 0 radical (unpaired) electrons. The van der Waals surface area contributed by atoms with E-state index in [0.29, 0.717) is 18.6 Å². The Balaban J connectivity index is 1.85. The molecular weight excluding hydrogens is 330 g/mol. The number of sulfonamides is 1. The third kappa shape index (κ3) is 3.45. The van der Waals surface area contributed by atoms with E-state index in [1.54, 1.807) is 36.3 Å². The zero-order chi connectivity index (χ0) is 17.3. The largest absolute Gasteiger partial charge is 0.497 e. The van der Waals surface area contributed by atoms with Gasteiger partial charge in [-0.15, -0.1) is 0 Å². The first-order valence-electron chi connectivity index (χ1n) is 7.72. The van der Waals surface area contributed by atoms with Crippen LogP contribution in [-0.4, -0.2) is 36.5 Å². The number of aliphatic hydroxyl groups excluding tert-OH is 1. The summed E-state index contributed by atoms with van der Waals surface area (Å²) in [6.07, 6.45) is 4.24. The fourth-order valence-electron chi connectivity index (χ4n) is 2.93. The second kappa shape index (κ2) is 6.54. The molecule has 0 amide bonds. The molecule has 2 N–H and O–H groups in total. The first kappa shape index (κ1) is 16.9. The van der Waals surface area contributed by atoms with Crippen LogP contribution in [0, 0.1) is 5.92 Å². The molecule has 0 saturated heterocycles. The van der Waals surface area contributed by atoms with Crippen LogP contribution in [-0.2, 0) is 17.1 Å². The van der Waals surface area contributed by atoms with E-state index >= 15 is 0 Å². The third-order valence-electron chi connectivity index (χ3n) is 4.36. The van der Waals surface area contributed by atoms with Gasteiger partial charge in [-0.1, -0.05) is 0 Å². The number of benzene rings is 1. The van der Waals surface area contributed by atoms with Crippen LogP contribution in [0.25, 0.3) is 0 Å². The highest BCUT2D eigenvalue weighted by molar-refractivity contribution is 7.89.